The maximum Gasteiger partial charge on any atom is 0.378 e. The summed E-state index contributed by atoms with van der Waals surface area (Å²) in [6, 6.07) is 0. The van der Waals surface area contributed by atoms with Crippen LogP contribution in [0.1, 0.15) is 12.8 Å². The van der Waals surface area contributed by atoms with Crippen LogP contribution in [0.2, 0.25) is 0 Å². The van der Waals surface area contributed by atoms with Crippen molar-refractivity contribution in [1.82, 2.24) is 0 Å². The number of allylic oxidation sites excluding steroid dienone is 2. The molecule has 0 aromatic carbocycles. The van der Waals surface area contributed by atoms with Crippen LogP contribution in [-0.4, -0.2) is 48.4 Å². The summed E-state index contributed by atoms with van der Waals surface area (Å²) in [5.41, 5.74) is 0. The van der Waals surface area contributed by atoms with E-state index in [-0.39, 0.29) is 24.7 Å². The molecule has 0 N–H and O–H groups in total. The third-order valence-electron chi connectivity index (χ3n) is 3.40. The first-order valence-electron chi connectivity index (χ1n) is 7.38. The largest absolute Gasteiger partial charge is 0.473 e. The molecule has 0 amide bonds. The molecule has 31 heavy (non-hydrogen) atoms. The Morgan fingerprint density at radius 2 is 0.774 bits per heavy atom. The van der Waals surface area contributed by atoms with Crippen LogP contribution < -0.4 is 0 Å². The molecule has 0 rings (SSSR count). The Bertz CT molecular complexity index is 582. The molecule has 184 valence electrons. The average Bonchev–Trinajstić information content (AvgIpc) is 2.59. The third-order valence-corrected chi connectivity index (χ3v) is 3.40. The minimum atomic E-state index is -6.53. The Kier molecular flexibility index (Phi) is 8.79. The molecule has 0 saturated heterocycles. The maximum atomic E-state index is 13.1. The lowest BCUT2D eigenvalue weighted by molar-refractivity contribution is -0.337. The Morgan fingerprint density at radius 1 is 0.516 bits per heavy atom. The highest BCUT2D eigenvalue weighted by atomic mass is 19.4. The quantitative estimate of drug-likeness (QED) is 0.205. The minimum absolute atomic E-state index is 0.0783. The average molecular weight is 498 g/mol. The van der Waals surface area contributed by atoms with Crippen molar-refractivity contribution in [2.24, 2.45) is 0 Å². The number of alkyl halides is 16. The standard InChI is InChI=1S/C14H10F16O/c15-7(16)11(23,24)13(27,28)9(19,20)3-1-5-31-6-2-4-10(21,22)14(29,30)12(25,26)8(17)18/h1-2,5-8H,3-4H2. The highest BCUT2D eigenvalue weighted by molar-refractivity contribution is 5.02. The van der Waals surface area contributed by atoms with Crippen molar-refractivity contribution in [3.63, 3.8) is 0 Å². The van der Waals surface area contributed by atoms with Gasteiger partial charge < -0.3 is 4.74 Å². The van der Waals surface area contributed by atoms with Crippen LogP contribution in [0.4, 0.5) is 70.2 Å². The number of hydrogen-bond donors (Lipinski definition) is 0. The van der Waals surface area contributed by atoms with Crippen LogP contribution >= 0.6 is 0 Å². The molecule has 0 aromatic rings. The number of halogens is 16. The van der Waals surface area contributed by atoms with Gasteiger partial charge in [-0.3, -0.25) is 0 Å². The van der Waals surface area contributed by atoms with Gasteiger partial charge in [-0.25, -0.2) is 17.6 Å². The molecule has 0 aliphatic carbocycles. The zero-order chi connectivity index (χ0) is 25.1. The van der Waals surface area contributed by atoms with Crippen LogP contribution in [0.3, 0.4) is 0 Å². The van der Waals surface area contributed by atoms with Crippen molar-refractivity contribution in [3.8, 4) is 0 Å². The van der Waals surface area contributed by atoms with Crippen molar-refractivity contribution in [1.29, 1.82) is 0 Å². The van der Waals surface area contributed by atoms with Crippen LogP contribution in [0, 0.1) is 0 Å². The smallest absolute Gasteiger partial charge is 0.378 e. The van der Waals surface area contributed by atoms with Gasteiger partial charge >= 0.3 is 48.4 Å². The van der Waals surface area contributed by atoms with Crippen molar-refractivity contribution in [3.05, 3.63) is 24.7 Å². The van der Waals surface area contributed by atoms with E-state index in [9.17, 15) is 70.2 Å². The summed E-state index contributed by atoms with van der Waals surface area (Å²) in [5, 5.41) is 0. The van der Waals surface area contributed by atoms with Gasteiger partial charge in [-0.1, -0.05) is 0 Å². The molecule has 0 radical (unpaired) electrons. The molecular formula is C14H10F16O. The molecule has 0 aliphatic heterocycles. The van der Waals surface area contributed by atoms with Crippen LogP contribution in [0.25, 0.3) is 0 Å². The van der Waals surface area contributed by atoms with Gasteiger partial charge in [-0.15, -0.1) is 0 Å². The van der Waals surface area contributed by atoms with Gasteiger partial charge in [0, 0.05) is 12.8 Å². The SMILES string of the molecule is FC(F)C(F)(F)C(F)(F)C(F)(F)CC=COC=CCC(F)(F)C(F)(F)C(F)(F)C(F)F. The summed E-state index contributed by atoms with van der Waals surface area (Å²) in [6.45, 7) is 0. The molecule has 0 aliphatic rings. The van der Waals surface area contributed by atoms with E-state index in [0.29, 0.717) is 0 Å². The summed E-state index contributed by atoms with van der Waals surface area (Å²) in [4.78, 5) is 0. The number of rotatable bonds is 12. The van der Waals surface area contributed by atoms with Crippen LogP contribution in [-0.2, 0) is 4.74 Å². The van der Waals surface area contributed by atoms with Gasteiger partial charge in [0.05, 0.1) is 12.5 Å². The zero-order valence-corrected chi connectivity index (χ0v) is 14.3. The zero-order valence-electron chi connectivity index (χ0n) is 14.3. The molecule has 0 fully saturated rings. The maximum absolute atomic E-state index is 13.1. The fraction of sp³-hybridized carbons (Fsp3) is 0.714. The molecule has 0 atom stereocenters. The van der Waals surface area contributed by atoms with E-state index in [4.69, 9.17) is 0 Å². The highest BCUT2D eigenvalue weighted by Crippen LogP contribution is 2.51. The molecule has 17 heteroatoms. The minimum Gasteiger partial charge on any atom is -0.473 e. The molecule has 0 bridgehead atoms. The highest BCUT2D eigenvalue weighted by Gasteiger charge is 2.75. The summed E-state index contributed by atoms with van der Waals surface area (Å²) >= 11 is 0. The first-order chi connectivity index (χ1) is 13.6. The topological polar surface area (TPSA) is 9.23 Å². The lowest BCUT2D eigenvalue weighted by Gasteiger charge is -2.31. The molecular weight excluding hydrogens is 488 g/mol. The van der Waals surface area contributed by atoms with Crippen molar-refractivity contribution in [2.45, 2.75) is 61.2 Å². The summed E-state index contributed by atoms with van der Waals surface area (Å²) < 4.78 is 206. The van der Waals surface area contributed by atoms with E-state index in [2.05, 4.69) is 4.74 Å². The third kappa shape index (κ3) is 5.70. The molecule has 1 nitrogen and oxygen atoms in total. The molecule has 0 spiro atoms. The van der Waals surface area contributed by atoms with Gasteiger partial charge in [0.15, 0.2) is 0 Å². The lowest BCUT2D eigenvalue weighted by Crippen LogP contribution is -2.57. The molecule has 0 aromatic heterocycles. The number of hydrogen-bond acceptors (Lipinski definition) is 1. The van der Waals surface area contributed by atoms with Gasteiger partial charge in [0.1, 0.15) is 0 Å². The van der Waals surface area contributed by atoms with E-state index in [0.717, 1.165) is 0 Å². The Morgan fingerprint density at radius 3 is 1.00 bits per heavy atom. The normalized spacial score (nSPS) is 15.7. The Hall–Kier alpha value is -1.84. The second-order valence-electron chi connectivity index (χ2n) is 5.69. The summed E-state index contributed by atoms with van der Waals surface area (Å²) in [7, 11) is 0. The first kappa shape index (κ1) is 29.2. The van der Waals surface area contributed by atoms with E-state index in [1.807, 2.05) is 0 Å². The predicted octanol–water partition coefficient (Wildman–Crippen LogP) is 7.15. The first-order valence-corrected chi connectivity index (χ1v) is 7.38. The van der Waals surface area contributed by atoms with Crippen molar-refractivity contribution in [2.75, 3.05) is 0 Å². The second kappa shape index (κ2) is 9.34. The number of ether oxygens (including phenoxy) is 1. The molecule has 0 heterocycles. The van der Waals surface area contributed by atoms with Gasteiger partial charge in [0.25, 0.3) is 0 Å². The predicted molar refractivity (Wildman–Crippen MR) is 70.3 cm³/mol. The van der Waals surface area contributed by atoms with E-state index >= 15 is 0 Å². The Balaban J connectivity index is 5.00. The fourth-order valence-electron chi connectivity index (χ4n) is 1.57. The van der Waals surface area contributed by atoms with Crippen molar-refractivity contribution < 1.29 is 75.0 Å². The van der Waals surface area contributed by atoms with Gasteiger partial charge in [0.2, 0.25) is 0 Å². The van der Waals surface area contributed by atoms with Crippen LogP contribution in [0.5, 0.6) is 0 Å². The van der Waals surface area contributed by atoms with E-state index < -0.39 is 61.2 Å². The lowest BCUT2D eigenvalue weighted by atomic mass is 10.0. The van der Waals surface area contributed by atoms with Crippen molar-refractivity contribution >= 4 is 0 Å². The second-order valence-corrected chi connectivity index (χ2v) is 5.69. The molecule has 0 saturated carbocycles. The van der Waals surface area contributed by atoms with Crippen LogP contribution in [0.15, 0.2) is 24.7 Å². The Labute approximate surface area is 162 Å². The summed E-state index contributed by atoms with van der Waals surface area (Å²) in [6.07, 6.45) is -15.5. The fourth-order valence-corrected chi connectivity index (χ4v) is 1.57. The molecule has 0 unspecified atom stereocenters. The van der Waals surface area contributed by atoms with Gasteiger partial charge in [-0.2, -0.15) is 52.7 Å². The monoisotopic (exact) mass is 498 g/mol. The van der Waals surface area contributed by atoms with E-state index in [1.165, 1.54) is 0 Å². The summed E-state index contributed by atoms with van der Waals surface area (Å²) in [5.74, 6) is -37.4. The van der Waals surface area contributed by atoms with Gasteiger partial charge in [-0.05, 0) is 12.2 Å². The van der Waals surface area contributed by atoms with E-state index in [1.54, 1.807) is 0 Å².